The van der Waals surface area contributed by atoms with Gasteiger partial charge in [0.15, 0.2) is 6.29 Å². The summed E-state index contributed by atoms with van der Waals surface area (Å²) >= 11 is 0. The zero-order valence-corrected chi connectivity index (χ0v) is 16.4. The van der Waals surface area contributed by atoms with E-state index < -0.39 is 6.36 Å². The van der Waals surface area contributed by atoms with Crippen molar-refractivity contribution in [3.8, 4) is 16.9 Å². The molecule has 1 amide bonds. The molecule has 1 aromatic heterocycles. The first kappa shape index (κ1) is 20.6. The maximum Gasteiger partial charge on any atom is 0.573 e. The Hall–Kier alpha value is -3.68. The first-order chi connectivity index (χ1) is 14.7. The predicted molar refractivity (Wildman–Crippen MR) is 107 cm³/mol. The van der Waals surface area contributed by atoms with E-state index in [2.05, 4.69) is 9.72 Å². The molecule has 3 aromatic rings. The molecule has 1 aliphatic rings. The second-order valence-electron chi connectivity index (χ2n) is 7.31. The van der Waals surface area contributed by atoms with Crippen molar-refractivity contribution in [1.82, 2.24) is 9.88 Å². The Morgan fingerprint density at radius 3 is 2.52 bits per heavy atom. The van der Waals surface area contributed by atoms with Crippen molar-refractivity contribution in [2.75, 3.05) is 0 Å². The van der Waals surface area contributed by atoms with Gasteiger partial charge in [0.25, 0.3) is 5.91 Å². The molecular formula is C23H17F3N2O3. The van der Waals surface area contributed by atoms with E-state index in [0.29, 0.717) is 23.2 Å². The molecule has 2 heterocycles. The van der Waals surface area contributed by atoms with Gasteiger partial charge in [-0.2, -0.15) is 0 Å². The summed E-state index contributed by atoms with van der Waals surface area (Å²) in [4.78, 5) is 29.7. The number of ether oxygens (including phenoxy) is 1. The first-order valence-electron chi connectivity index (χ1n) is 9.41. The Balaban J connectivity index is 1.55. The molecule has 5 nitrogen and oxygen atoms in total. The molecule has 0 atom stereocenters. The molecule has 2 aromatic carbocycles. The summed E-state index contributed by atoms with van der Waals surface area (Å²) in [5, 5.41) is 0. The van der Waals surface area contributed by atoms with Gasteiger partial charge in [-0.3, -0.25) is 14.6 Å². The SMILES string of the molecule is Cc1cc(-c2cncc(C=O)c2)cc2c1C(=O)N(Cc1ccc(OC(F)(F)F)cc1)C2. The number of amides is 1. The fourth-order valence-corrected chi connectivity index (χ4v) is 3.72. The maximum atomic E-state index is 12.9. The molecule has 1 aliphatic heterocycles. The van der Waals surface area contributed by atoms with Crippen LogP contribution in [0.2, 0.25) is 0 Å². The van der Waals surface area contributed by atoms with Crippen LogP contribution in [-0.4, -0.2) is 28.4 Å². The van der Waals surface area contributed by atoms with E-state index in [9.17, 15) is 22.8 Å². The lowest BCUT2D eigenvalue weighted by Crippen LogP contribution is -2.23. The highest BCUT2D eigenvalue weighted by atomic mass is 19.4. The number of carbonyl (C=O) groups is 2. The van der Waals surface area contributed by atoms with Crippen molar-refractivity contribution < 1.29 is 27.5 Å². The number of fused-ring (bicyclic) bond motifs is 1. The lowest BCUT2D eigenvalue weighted by atomic mass is 9.96. The quantitative estimate of drug-likeness (QED) is 0.543. The number of benzene rings is 2. The molecule has 4 rings (SSSR count). The van der Waals surface area contributed by atoms with Gasteiger partial charge in [0.1, 0.15) is 5.75 Å². The van der Waals surface area contributed by atoms with Gasteiger partial charge in [0, 0.05) is 42.2 Å². The number of aryl methyl sites for hydroxylation is 1. The molecular weight excluding hydrogens is 409 g/mol. The third kappa shape index (κ3) is 4.42. The summed E-state index contributed by atoms with van der Waals surface area (Å²) < 4.78 is 40.8. The van der Waals surface area contributed by atoms with Crippen LogP contribution in [0.25, 0.3) is 11.1 Å². The maximum absolute atomic E-state index is 12.9. The number of hydrogen-bond acceptors (Lipinski definition) is 4. The van der Waals surface area contributed by atoms with Gasteiger partial charge in [-0.05, 0) is 53.4 Å². The van der Waals surface area contributed by atoms with Crippen LogP contribution in [0.15, 0.2) is 54.9 Å². The Kier molecular flexibility index (Phi) is 5.22. The molecule has 0 spiro atoms. The zero-order chi connectivity index (χ0) is 22.2. The number of alkyl halides is 3. The zero-order valence-electron chi connectivity index (χ0n) is 16.4. The van der Waals surface area contributed by atoms with E-state index in [1.165, 1.54) is 30.5 Å². The van der Waals surface area contributed by atoms with E-state index in [1.54, 1.807) is 17.2 Å². The van der Waals surface area contributed by atoms with Crippen molar-refractivity contribution >= 4 is 12.2 Å². The average molecular weight is 426 g/mol. The minimum atomic E-state index is -4.75. The van der Waals surface area contributed by atoms with Crippen LogP contribution in [0.5, 0.6) is 5.75 Å². The number of hydrogen-bond donors (Lipinski definition) is 0. The van der Waals surface area contributed by atoms with Crippen molar-refractivity contribution in [1.29, 1.82) is 0 Å². The topological polar surface area (TPSA) is 59.5 Å². The third-order valence-corrected chi connectivity index (χ3v) is 5.04. The largest absolute Gasteiger partial charge is 0.573 e. The minimum Gasteiger partial charge on any atom is -0.406 e. The highest BCUT2D eigenvalue weighted by Gasteiger charge is 2.32. The highest BCUT2D eigenvalue weighted by molar-refractivity contribution is 6.00. The normalized spacial score (nSPS) is 13.3. The second kappa shape index (κ2) is 7.86. The number of pyridine rings is 1. The predicted octanol–water partition coefficient (Wildman–Crippen LogP) is 4.92. The van der Waals surface area contributed by atoms with Crippen LogP contribution < -0.4 is 4.74 Å². The average Bonchev–Trinajstić information content (AvgIpc) is 3.04. The Bertz CT molecular complexity index is 1160. The van der Waals surface area contributed by atoms with Gasteiger partial charge >= 0.3 is 6.36 Å². The van der Waals surface area contributed by atoms with Gasteiger partial charge in [-0.15, -0.1) is 13.2 Å². The fraction of sp³-hybridized carbons (Fsp3) is 0.174. The molecule has 0 bridgehead atoms. The summed E-state index contributed by atoms with van der Waals surface area (Å²) in [5.74, 6) is -0.437. The van der Waals surface area contributed by atoms with Gasteiger partial charge in [0.05, 0.1) is 0 Å². The Morgan fingerprint density at radius 2 is 1.84 bits per heavy atom. The van der Waals surface area contributed by atoms with Crippen molar-refractivity contribution in [2.45, 2.75) is 26.4 Å². The lowest BCUT2D eigenvalue weighted by molar-refractivity contribution is -0.274. The molecule has 0 saturated heterocycles. The number of rotatable bonds is 5. The number of aromatic nitrogens is 1. The van der Waals surface area contributed by atoms with Crippen LogP contribution in [0.1, 0.15) is 37.4 Å². The van der Waals surface area contributed by atoms with E-state index in [-0.39, 0.29) is 18.2 Å². The number of aldehydes is 1. The Labute approximate surface area is 176 Å². The van der Waals surface area contributed by atoms with E-state index in [0.717, 1.165) is 28.5 Å². The van der Waals surface area contributed by atoms with E-state index in [1.807, 2.05) is 19.1 Å². The summed E-state index contributed by atoms with van der Waals surface area (Å²) in [5.41, 5.74) is 5.08. The highest BCUT2D eigenvalue weighted by Crippen LogP contribution is 2.32. The molecule has 31 heavy (non-hydrogen) atoms. The molecule has 0 saturated carbocycles. The van der Waals surface area contributed by atoms with Gasteiger partial charge in [0.2, 0.25) is 0 Å². The molecule has 0 unspecified atom stereocenters. The second-order valence-corrected chi connectivity index (χ2v) is 7.31. The van der Waals surface area contributed by atoms with E-state index >= 15 is 0 Å². The summed E-state index contributed by atoms with van der Waals surface area (Å²) in [6.45, 7) is 2.49. The number of halogens is 3. The van der Waals surface area contributed by atoms with Gasteiger partial charge in [-0.1, -0.05) is 18.2 Å². The first-order valence-corrected chi connectivity index (χ1v) is 9.41. The van der Waals surface area contributed by atoms with Crippen LogP contribution in [-0.2, 0) is 13.1 Å². The minimum absolute atomic E-state index is 0.130. The summed E-state index contributed by atoms with van der Waals surface area (Å²) in [7, 11) is 0. The van der Waals surface area contributed by atoms with Crippen LogP contribution in [0, 0.1) is 6.92 Å². The molecule has 158 valence electrons. The fourth-order valence-electron chi connectivity index (χ4n) is 3.72. The number of carbonyl (C=O) groups excluding carboxylic acids is 2. The van der Waals surface area contributed by atoms with Crippen LogP contribution >= 0.6 is 0 Å². The Morgan fingerprint density at radius 1 is 1.10 bits per heavy atom. The standard InChI is InChI=1S/C23H17F3N2O3/c1-14-6-17(18-7-16(13-29)9-27-10-18)8-19-12-28(22(30)21(14)19)11-15-2-4-20(5-3-15)31-23(24,25)26/h2-10,13H,11-12H2,1H3. The molecule has 8 heteroatoms. The van der Waals surface area contributed by atoms with Gasteiger partial charge in [-0.25, -0.2) is 0 Å². The molecule has 0 radical (unpaired) electrons. The van der Waals surface area contributed by atoms with Crippen LogP contribution in [0.4, 0.5) is 13.2 Å². The van der Waals surface area contributed by atoms with Crippen molar-refractivity contribution in [2.24, 2.45) is 0 Å². The van der Waals surface area contributed by atoms with Crippen molar-refractivity contribution in [3.63, 3.8) is 0 Å². The van der Waals surface area contributed by atoms with Crippen LogP contribution in [0.3, 0.4) is 0 Å². The molecule has 0 aliphatic carbocycles. The summed E-state index contributed by atoms with van der Waals surface area (Å²) in [6.07, 6.45) is -0.878. The number of nitrogens with zero attached hydrogens (tertiary/aromatic N) is 2. The van der Waals surface area contributed by atoms with Crippen molar-refractivity contribution in [3.05, 3.63) is 82.7 Å². The molecule has 0 fully saturated rings. The lowest BCUT2D eigenvalue weighted by Gasteiger charge is -2.16. The smallest absolute Gasteiger partial charge is 0.406 e. The van der Waals surface area contributed by atoms with Gasteiger partial charge < -0.3 is 9.64 Å². The summed E-state index contributed by atoms with van der Waals surface area (Å²) in [6, 6.07) is 11.0. The van der Waals surface area contributed by atoms with E-state index in [4.69, 9.17) is 0 Å². The monoisotopic (exact) mass is 426 g/mol. The molecule has 0 N–H and O–H groups in total. The third-order valence-electron chi connectivity index (χ3n) is 5.04.